The van der Waals surface area contributed by atoms with Crippen LogP contribution in [0.1, 0.15) is 36.1 Å². The highest BCUT2D eigenvalue weighted by Crippen LogP contribution is 2.64. The van der Waals surface area contributed by atoms with Crippen LogP contribution in [-0.4, -0.2) is 26.5 Å². The van der Waals surface area contributed by atoms with E-state index in [1.165, 1.54) is 12.1 Å². The van der Waals surface area contributed by atoms with E-state index in [1.54, 1.807) is 12.3 Å². The first-order chi connectivity index (χ1) is 14.0. The molecule has 1 aromatic carbocycles. The summed E-state index contributed by atoms with van der Waals surface area (Å²) in [6, 6.07) is 4.68. The Kier molecular flexibility index (Phi) is 4.23. The van der Waals surface area contributed by atoms with Crippen LogP contribution in [-0.2, 0) is 0 Å². The third kappa shape index (κ3) is 3.22. The van der Waals surface area contributed by atoms with Crippen LogP contribution in [0.3, 0.4) is 0 Å². The van der Waals surface area contributed by atoms with Crippen LogP contribution >= 0.6 is 0 Å². The van der Waals surface area contributed by atoms with Gasteiger partial charge >= 0.3 is 0 Å². The van der Waals surface area contributed by atoms with Crippen molar-refractivity contribution < 1.29 is 9.13 Å². The van der Waals surface area contributed by atoms with Gasteiger partial charge in [0.15, 0.2) is 5.75 Å². The van der Waals surface area contributed by atoms with Gasteiger partial charge in [0.25, 0.3) is 0 Å². The highest BCUT2D eigenvalue weighted by Gasteiger charge is 2.60. The lowest BCUT2D eigenvalue weighted by molar-refractivity contribution is 0.186. The number of allylic oxidation sites excluding steroid dienone is 4. The van der Waals surface area contributed by atoms with Gasteiger partial charge in [0, 0.05) is 11.3 Å². The summed E-state index contributed by atoms with van der Waals surface area (Å²) >= 11 is 0. The number of hydrogen-bond acceptors (Lipinski definition) is 4. The van der Waals surface area contributed by atoms with Crippen LogP contribution in [0.2, 0.25) is 0 Å². The zero-order valence-corrected chi connectivity index (χ0v) is 16.5. The maximum absolute atomic E-state index is 13.6. The molecule has 0 spiro atoms. The van der Waals surface area contributed by atoms with Crippen LogP contribution in [0, 0.1) is 31.0 Å². The Morgan fingerprint density at radius 1 is 1.24 bits per heavy atom. The molecule has 2 aliphatic rings. The molecule has 2 aromatic heterocycles. The summed E-state index contributed by atoms with van der Waals surface area (Å²) in [6.07, 6.45) is 12.4. The summed E-state index contributed by atoms with van der Waals surface area (Å²) in [5.41, 5.74) is 2.34. The van der Waals surface area contributed by atoms with Gasteiger partial charge < -0.3 is 9.72 Å². The first-order valence-electron chi connectivity index (χ1n) is 9.97. The number of H-pyrrole nitrogens is 1. The van der Waals surface area contributed by atoms with E-state index in [9.17, 15) is 4.39 Å². The minimum Gasteiger partial charge on any atom is -0.489 e. The second-order valence-corrected chi connectivity index (χ2v) is 8.08. The molecule has 1 unspecified atom stereocenters. The number of nitrogens with one attached hydrogen (secondary N) is 1. The molecule has 1 saturated carbocycles. The van der Waals surface area contributed by atoms with Gasteiger partial charge in [0.1, 0.15) is 17.5 Å². The Hall–Kier alpha value is -3.02. The minimum atomic E-state index is -0.256. The van der Waals surface area contributed by atoms with Crippen molar-refractivity contribution in [2.24, 2.45) is 11.3 Å². The molecule has 0 amide bonds. The van der Waals surface area contributed by atoms with Crippen LogP contribution in [0.25, 0.3) is 11.0 Å². The summed E-state index contributed by atoms with van der Waals surface area (Å²) in [5, 5.41) is 0. The van der Waals surface area contributed by atoms with Gasteiger partial charge in [0.05, 0.1) is 29.5 Å². The largest absolute Gasteiger partial charge is 0.489 e. The maximum Gasteiger partial charge on any atom is 0.158 e. The molecule has 5 rings (SSSR count). The highest BCUT2D eigenvalue weighted by molar-refractivity contribution is 5.75. The SMILES string of the molecule is Cc1ncc(OC[C@@]2(C3C=CC=CC3)C[C@H]2c2nc3ccc(F)cc3[nH]2)c(C)n1. The number of nitrogens with zero attached hydrogens (tertiary/aromatic N) is 3. The number of halogens is 1. The average Bonchev–Trinajstić information content (AvgIpc) is 3.31. The number of imidazole rings is 1. The van der Waals surface area contributed by atoms with E-state index in [-0.39, 0.29) is 17.2 Å². The standard InChI is InChI=1S/C23H23FN4O/c1-14-21(12-25-15(2)26-14)29-13-23(16-6-4-3-5-7-16)11-18(23)22-27-19-9-8-17(24)10-20(19)28-22/h3-6,8-10,12,16,18H,7,11,13H2,1-2H3,(H,27,28)/t16?,18-,23+/m0/s1. The van der Waals surface area contributed by atoms with E-state index in [4.69, 9.17) is 9.72 Å². The molecule has 3 atom stereocenters. The molecule has 2 aliphatic carbocycles. The smallest absolute Gasteiger partial charge is 0.158 e. The quantitative estimate of drug-likeness (QED) is 0.680. The molecule has 0 saturated heterocycles. The van der Waals surface area contributed by atoms with Crippen molar-refractivity contribution in [2.45, 2.75) is 32.6 Å². The predicted molar refractivity (Wildman–Crippen MR) is 109 cm³/mol. The Morgan fingerprint density at radius 3 is 2.93 bits per heavy atom. The zero-order valence-electron chi connectivity index (χ0n) is 16.5. The van der Waals surface area contributed by atoms with Crippen molar-refractivity contribution in [1.29, 1.82) is 0 Å². The number of rotatable bonds is 5. The fourth-order valence-corrected chi connectivity index (χ4v) is 4.47. The van der Waals surface area contributed by atoms with Crippen LogP contribution in [0.15, 0.2) is 48.7 Å². The summed E-state index contributed by atoms with van der Waals surface area (Å²) in [5.74, 6) is 2.73. The molecular weight excluding hydrogens is 367 g/mol. The number of aromatic amines is 1. The molecule has 0 radical (unpaired) electrons. The van der Waals surface area contributed by atoms with Crippen molar-refractivity contribution in [1.82, 2.24) is 19.9 Å². The molecule has 0 aliphatic heterocycles. The number of fused-ring (bicyclic) bond motifs is 1. The lowest BCUT2D eigenvalue weighted by Gasteiger charge is -2.26. The van der Waals surface area contributed by atoms with Crippen LogP contribution < -0.4 is 4.74 Å². The van der Waals surface area contributed by atoms with E-state index >= 15 is 0 Å². The molecule has 1 N–H and O–H groups in total. The lowest BCUT2D eigenvalue weighted by atomic mass is 9.82. The van der Waals surface area contributed by atoms with E-state index in [0.717, 1.165) is 47.0 Å². The first-order valence-corrected chi connectivity index (χ1v) is 9.97. The number of aromatic nitrogens is 4. The van der Waals surface area contributed by atoms with E-state index in [0.29, 0.717) is 12.5 Å². The fourth-order valence-electron chi connectivity index (χ4n) is 4.47. The van der Waals surface area contributed by atoms with Crippen molar-refractivity contribution in [2.75, 3.05) is 6.61 Å². The Labute approximate surface area is 168 Å². The summed E-state index contributed by atoms with van der Waals surface area (Å²) < 4.78 is 19.8. The van der Waals surface area contributed by atoms with Gasteiger partial charge in [-0.25, -0.2) is 19.3 Å². The number of hydrogen-bond donors (Lipinski definition) is 1. The molecule has 2 heterocycles. The van der Waals surface area contributed by atoms with Gasteiger partial charge in [-0.05, 0) is 50.8 Å². The third-order valence-electron chi connectivity index (χ3n) is 6.18. The molecule has 6 heteroatoms. The zero-order chi connectivity index (χ0) is 20.0. The molecule has 148 valence electrons. The minimum absolute atomic E-state index is 0.0506. The van der Waals surface area contributed by atoms with E-state index in [2.05, 4.69) is 39.3 Å². The Bertz CT molecular complexity index is 1140. The van der Waals surface area contributed by atoms with Gasteiger partial charge in [-0.2, -0.15) is 0 Å². The lowest BCUT2D eigenvalue weighted by Crippen LogP contribution is -2.25. The monoisotopic (exact) mass is 390 g/mol. The predicted octanol–water partition coefficient (Wildman–Crippen LogP) is 4.79. The highest BCUT2D eigenvalue weighted by atomic mass is 19.1. The molecule has 0 bridgehead atoms. The van der Waals surface area contributed by atoms with E-state index in [1.807, 2.05) is 13.8 Å². The topological polar surface area (TPSA) is 63.7 Å². The average molecular weight is 390 g/mol. The van der Waals surface area contributed by atoms with E-state index < -0.39 is 0 Å². The maximum atomic E-state index is 13.6. The normalized spacial score (nSPS) is 25.5. The van der Waals surface area contributed by atoms with Gasteiger partial charge in [-0.1, -0.05) is 24.3 Å². The van der Waals surface area contributed by atoms with Crippen molar-refractivity contribution >= 4 is 11.0 Å². The Morgan fingerprint density at radius 2 is 2.14 bits per heavy atom. The molecule has 3 aromatic rings. The second-order valence-electron chi connectivity index (χ2n) is 8.08. The van der Waals surface area contributed by atoms with Crippen molar-refractivity contribution in [3.8, 4) is 5.75 Å². The summed E-state index contributed by atoms with van der Waals surface area (Å²) in [6.45, 7) is 4.38. The van der Waals surface area contributed by atoms with Crippen LogP contribution in [0.4, 0.5) is 4.39 Å². The van der Waals surface area contributed by atoms with Crippen molar-refractivity contribution in [3.05, 3.63) is 71.9 Å². The number of benzene rings is 1. The van der Waals surface area contributed by atoms with Crippen LogP contribution in [0.5, 0.6) is 5.75 Å². The fraction of sp³-hybridized carbons (Fsp3) is 0.348. The number of aryl methyl sites for hydroxylation is 2. The molecule has 1 fully saturated rings. The van der Waals surface area contributed by atoms with Crippen molar-refractivity contribution in [3.63, 3.8) is 0 Å². The Balaban J connectivity index is 1.44. The third-order valence-corrected chi connectivity index (χ3v) is 6.18. The second kappa shape index (κ2) is 6.79. The van der Waals surface area contributed by atoms with Gasteiger partial charge in [-0.15, -0.1) is 0 Å². The first kappa shape index (κ1) is 18.0. The number of ether oxygens (including phenoxy) is 1. The summed E-state index contributed by atoms with van der Waals surface area (Å²) in [4.78, 5) is 16.8. The molecular formula is C23H23FN4O. The molecule has 29 heavy (non-hydrogen) atoms. The van der Waals surface area contributed by atoms with Gasteiger partial charge in [0.2, 0.25) is 0 Å². The molecule has 5 nitrogen and oxygen atoms in total. The summed E-state index contributed by atoms with van der Waals surface area (Å²) in [7, 11) is 0. The van der Waals surface area contributed by atoms with Gasteiger partial charge in [-0.3, -0.25) is 0 Å².